The summed E-state index contributed by atoms with van der Waals surface area (Å²) < 4.78 is 0. The van der Waals surface area contributed by atoms with Gasteiger partial charge in [0.1, 0.15) is 0 Å². The molecule has 0 amide bonds. The first kappa shape index (κ1) is 32.8. The molecule has 228 valence electrons. The molecule has 5 rings (SSSR count). The van der Waals surface area contributed by atoms with Crippen LogP contribution in [0.2, 0.25) is 0 Å². The van der Waals surface area contributed by atoms with Gasteiger partial charge in [-0.3, -0.25) is 0 Å². The van der Waals surface area contributed by atoms with Crippen molar-refractivity contribution in [1.82, 2.24) is 0 Å². The van der Waals surface area contributed by atoms with E-state index in [4.69, 9.17) is 30.1 Å². The number of phenolic OH excluding ortho intramolecular Hbond substituents is 6. The van der Waals surface area contributed by atoms with Crippen LogP contribution in [-0.4, -0.2) is 82.1 Å². The molecule has 0 fully saturated rings. The lowest BCUT2D eigenvalue weighted by Crippen LogP contribution is -2.45. The zero-order valence-corrected chi connectivity index (χ0v) is 23.3. The Bertz CT molecular complexity index is 1600. The van der Waals surface area contributed by atoms with E-state index in [1.54, 1.807) is 18.2 Å². The van der Waals surface area contributed by atoms with Crippen LogP contribution in [0.5, 0.6) is 34.5 Å². The topological polar surface area (TPSA) is 243 Å². The minimum absolute atomic E-state index is 0.0521. The molecule has 5 aromatic rings. The Morgan fingerprint density at radius 2 is 0.511 bits per heavy atom. The van der Waals surface area contributed by atoms with E-state index < -0.39 is 21.4 Å². The van der Waals surface area contributed by atoms with Crippen molar-refractivity contribution in [1.29, 1.82) is 0 Å². The van der Waals surface area contributed by atoms with Gasteiger partial charge in [0.15, 0.2) is 34.5 Å². The summed E-state index contributed by atoms with van der Waals surface area (Å²) >= 11 is 0. The van der Waals surface area contributed by atoms with Crippen molar-refractivity contribution in [3.05, 3.63) is 91.0 Å². The first-order chi connectivity index (χ1) is 21.2. The molecule has 12 nitrogen and oxygen atoms in total. The normalized spacial score (nSPS) is 10.5. The number of phenols is 6. The third-order valence-corrected chi connectivity index (χ3v) is 6.75. The second-order valence-corrected chi connectivity index (χ2v) is 9.96. The zero-order chi connectivity index (χ0) is 33.0. The number of benzene rings is 5. The molecule has 0 aromatic heterocycles. The van der Waals surface area contributed by atoms with Gasteiger partial charge in [0.25, 0.3) is 0 Å². The quantitative estimate of drug-likeness (QED) is 0.0870. The van der Waals surface area contributed by atoms with Gasteiger partial charge in [-0.25, -0.2) is 0 Å². The van der Waals surface area contributed by atoms with Gasteiger partial charge in [-0.2, -0.15) is 0 Å². The lowest BCUT2D eigenvalue weighted by molar-refractivity contribution is 0.404. The minimum atomic E-state index is -1.82. The van der Waals surface area contributed by atoms with E-state index in [0.29, 0.717) is 33.4 Å². The molecule has 0 aliphatic rings. The summed E-state index contributed by atoms with van der Waals surface area (Å²) in [5.74, 6) is -1.48. The fraction of sp³-hybridized carbons (Fsp3) is 0. The lowest BCUT2D eigenvalue weighted by Gasteiger charge is -2.13. The fourth-order valence-corrected chi connectivity index (χ4v) is 4.39. The van der Waals surface area contributed by atoms with Crippen LogP contribution in [0.4, 0.5) is 0 Å². The molecule has 0 radical (unpaired) electrons. The summed E-state index contributed by atoms with van der Waals surface area (Å²) in [6.07, 6.45) is 0. The van der Waals surface area contributed by atoms with Crippen molar-refractivity contribution < 1.29 is 60.8 Å². The highest BCUT2D eigenvalue weighted by Gasteiger charge is 2.22. The fourth-order valence-electron chi connectivity index (χ4n) is 4.39. The molecule has 12 N–H and O–H groups in total. The Hall–Kier alpha value is -5.15. The molecule has 0 aliphatic heterocycles. The van der Waals surface area contributed by atoms with Crippen LogP contribution in [-0.2, 0) is 0 Å². The summed E-state index contributed by atoms with van der Waals surface area (Å²) in [6, 6.07) is 22.3. The summed E-state index contributed by atoms with van der Waals surface area (Å²) in [6.45, 7) is 0. The van der Waals surface area contributed by atoms with Gasteiger partial charge >= 0.3 is 21.4 Å². The van der Waals surface area contributed by atoms with Crippen LogP contribution in [0.25, 0.3) is 33.4 Å². The molecule has 0 heterocycles. The van der Waals surface area contributed by atoms with Gasteiger partial charge in [0, 0.05) is 0 Å². The van der Waals surface area contributed by atoms with E-state index in [0.717, 1.165) is 18.2 Å². The van der Waals surface area contributed by atoms with Crippen LogP contribution < -0.4 is 16.4 Å². The highest BCUT2D eigenvalue weighted by atomic mass is 16.4. The molecular formula is C30H27B3O12. The van der Waals surface area contributed by atoms with Gasteiger partial charge in [0.2, 0.25) is 0 Å². The van der Waals surface area contributed by atoms with E-state index in [1.807, 2.05) is 18.2 Å². The average Bonchev–Trinajstić information content (AvgIpc) is 3.01. The molecule has 15 heteroatoms. The highest BCUT2D eigenvalue weighted by molar-refractivity contribution is 6.66. The van der Waals surface area contributed by atoms with Gasteiger partial charge in [0.05, 0.1) is 0 Å². The first-order valence-electron chi connectivity index (χ1n) is 13.2. The number of hydrogen-bond acceptors (Lipinski definition) is 12. The molecule has 0 spiro atoms. The third kappa shape index (κ3) is 7.88. The predicted octanol–water partition coefficient (Wildman–Crippen LogP) is -0.353. The molecule has 0 atom stereocenters. The van der Waals surface area contributed by atoms with E-state index >= 15 is 0 Å². The average molecular weight is 612 g/mol. The van der Waals surface area contributed by atoms with Gasteiger partial charge < -0.3 is 60.8 Å². The van der Waals surface area contributed by atoms with Crippen molar-refractivity contribution in [2.24, 2.45) is 0 Å². The van der Waals surface area contributed by atoms with E-state index in [1.165, 1.54) is 36.4 Å². The SMILES string of the molecule is OB(O)c1cc(B(O)O)cc(B(O)O)c1.Oc1ccc(-c2cc(-c3ccc(O)c(O)c3)cc(-c3ccc(O)c(O)c3)c2)cc1O. The standard InChI is InChI=1S/C24H18O6.C6H9B3O6/c25-19-4-1-13(10-22(19)28)16-7-17(14-2-5-20(26)23(29)11-14)9-18(8-16)15-3-6-21(27)24(30)12-15;10-7(11)4-1-5(8(12)13)3-6(2-4)9(14)15/h1-12,25-30H;1-3,10-15H. The molecule has 45 heavy (non-hydrogen) atoms. The minimum Gasteiger partial charge on any atom is -0.504 e. The summed E-state index contributed by atoms with van der Waals surface area (Å²) in [4.78, 5) is 0. The van der Waals surface area contributed by atoms with Crippen molar-refractivity contribution in [2.45, 2.75) is 0 Å². The smallest absolute Gasteiger partial charge is 0.488 e. The highest BCUT2D eigenvalue weighted by Crippen LogP contribution is 2.39. The summed E-state index contributed by atoms with van der Waals surface area (Å²) in [5.41, 5.74) is 3.88. The van der Waals surface area contributed by atoms with Crippen molar-refractivity contribution in [3.63, 3.8) is 0 Å². The molecule has 0 saturated carbocycles. The molecule has 0 aliphatic carbocycles. The lowest BCUT2D eigenvalue weighted by atomic mass is 9.67. The van der Waals surface area contributed by atoms with Crippen LogP contribution in [0.1, 0.15) is 0 Å². The van der Waals surface area contributed by atoms with Gasteiger partial charge in [-0.05, 0) is 104 Å². The second-order valence-electron chi connectivity index (χ2n) is 9.96. The van der Waals surface area contributed by atoms with E-state index in [9.17, 15) is 30.6 Å². The molecular weight excluding hydrogens is 585 g/mol. The third-order valence-electron chi connectivity index (χ3n) is 6.75. The van der Waals surface area contributed by atoms with Gasteiger partial charge in [-0.15, -0.1) is 0 Å². The zero-order valence-electron chi connectivity index (χ0n) is 23.3. The maximum Gasteiger partial charge on any atom is 0.488 e. The number of rotatable bonds is 6. The Morgan fingerprint density at radius 1 is 0.267 bits per heavy atom. The summed E-state index contributed by atoms with van der Waals surface area (Å²) in [5, 5.41) is 112. The molecule has 0 bridgehead atoms. The van der Waals surface area contributed by atoms with Gasteiger partial charge in [-0.1, -0.05) is 36.4 Å². The Kier molecular flexibility index (Phi) is 9.94. The molecule has 5 aromatic carbocycles. The van der Waals surface area contributed by atoms with Crippen molar-refractivity contribution in [3.8, 4) is 67.9 Å². The Labute approximate surface area is 257 Å². The number of aromatic hydroxyl groups is 6. The predicted molar refractivity (Wildman–Crippen MR) is 169 cm³/mol. The first-order valence-corrected chi connectivity index (χ1v) is 13.2. The van der Waals surface area contributed by atoms with E-state index in [-0.39, 0.29) is 50.9 Å². The molecule has 0 saturated heterocycles. The second kappa shape index (κ2) is 13.7. The van der Waals surface area contributed by atoms with Crippen LogP contribution in [0.3, 0.4) is 0 Å². The van der Waals surface area contributed by atoms with Crippen LogP contribution >= 0.6 is 0 Å². The van der Waals surface area contributed by atoms with Crippen molar-refractivity contribution in [2.75, 3.05) is 0 Å². The maximum absolute atomic E-state index is 9.90. The molecule has 0 unspecified atom stereocenters. The maximum atomic E-state index is 9.90. The van der Waals surface area contributed by atoms with E-state index in [2.05, 4.69) is 0 Å². The Balaban J connectivity index is 0.000000259. The monoisotopic (exact) mass is 612 g/mol. The van der Waals surface area contributed by atoms with Crippen LogP contribution in [0, 0.1) is 0 Å². The largest absolute Gasteiger partial charge is 0.504 e. The Morgan fingerprint density at radius 3 is 0.711 bits per heavy atom. The summed E-state index contributed by atoms with van der Waals surface area (Å²) in [7, 11) is -5.46. The van der Waals surface area contributed by atoms with Crippen LogP contribution in [0.15, 0.2) is 91.0 Å². The number of hydrogen-bond donors (Lipinski definition) is 12. The van der Waals surface area contributed by atoms with Crippen molar-refractivity contribution >= 4 is 37.7 Å².